The first-order valence-corrected chi connectivity index (χ1v) is 7.28. The van der Waals surface area contributed by atoms with Gasteiger partial charge < -0.3 is 5.73 Å². The molecule has 2 N–H and O–H groups in total. The van der Waals surface area contributed by atoms with Gasteiger partial charge in [0.2, 0.25) is 0 Å². The molecule has 0 aliphatic heterocycles. The highest BCUT2D eigenvalue weighted by Gasteiger charge is 2.22. The second-order valence-corrected chi connectivity index (χ2v) is 6.08. The molecule has 2 aromatic rings. The predicted molar refractivity (Wildman–Crippen MR) is 71.5 cm³/mol. The Morgan fingerprint density at radius 2 is 2.18 bits per heavy atom. The van der Waals surface area contributed by atoms with Crippen LogP contribution in [0.25, 0.3) is 4.83 Å². The molecule has 92 valence electrons. The molecular formula is C13H19N3S. The highest BCUT2D eigenvalue weighted by atomic mass is 32.1. The van der Waals surface area contributed by atoms with Crippen LogP contribution in [0.1, 0.15) is 54.4 Å². The average Bonchev–Trinajstić information content (AvgIpc) is 2.91. The molecule has 2 heterocycles. The number of thiazole rings is 1. The number of aromatic nitrogens is 2. The summed E-state index contributed by atoms with van der Waals surface area (Å²) in [6.07, 6.45) is 8.88. The maximum atomic E-state index is 5.73. The maximum absolute atomic E-state index is 5.73. The minimum Gasteiger partial charge on any atom is -0.326 e. The fourth-order valence-electron chi connectivity index (χ4n) is 2.84. The fourth-order valence-corrected chi connectivity index (χ4v) is 3.77. The summed E-state index contributed by atoms with van der Waals surface area (Å²) in [6, 6.07) is 0. The second-order valence-electron chi connectivity index (χ2n) is 4.97. The third-order valence-corrected chi connectivity index (χ3v) is 4.95. The molecule has 2 aromatic heterocycles. The summed E-state index contributed by atoms with van der Waals surface area (Å²) in [5, 5.41) is 0. The van der Waals surface area contributed by atoms with Crippen molar-refractivity contribution in [2.24, 2.45) is 5.73 Å². The Bertz CT molecular complexity index is 520. The van der Waals surface area contributed by atoms with Crippen molar-refractivity contribution >= 4 is 16.2 Å². The predicted octanol–water partition coefficient (Wildman–Crippen LogP) is 3.21. The first kappa shape index (κ1) is 11.2. The Kier molecular flexibility index (Phi) is 2.92. The van der Waals surface area contributed by atoms with Crippen molar-refractivity contribution in [1.82, 2.24) is 9.38 Å². The smallest absolute Gasteiger partial charge is 0.122 e. The molecule has 1 aliphatic rings. The first-order chi connectivity index (χ1) is 8.29. The summed E-state index contributed by atoms with van der Waals surface area (Å²) >= 11 is 1.78. The number of hydrogen-bond donors (Lipinski definition) is 1. The van der Waals surface area contributed by atoms with Crippen molar-refractivity contribution in [3.05, 3.63) is 22.6 Å². The van der Waals surface area contributed by atoms with E-state index in [1.807, 2.05) is 0 Å². The van der Waals surface area contributed by atoms with Gasteiger partial charge in [-0.05, 0) is 19.8 Å². The molecule has 0 spiro atoms. The lowest BCUT2D eigenvalue weighted by Crippen LogP contribution is -2.08. The average molecular weight is 249 g/mol. The number of hydrogen-bond acceptors (Lipinski definition) is 3. The molecule has 0 atom stereocenters. The maximum Gasteiger partial charge on any atom is 0.122 e. The highest BCUT2D eigenvalue weighted by Crippen LogP contribution is 2.34. The third kappa shape index (κ3) is 1.89. The molecule has 1 saturated carbocycles. The zero-order valence-corrected chi connectivity index (χ0v) is 11.1. The van der Waals surface area contributed by atoms with Gasteiger partial charge in [0, 0.05) is 23.5 Å². The van der Waals surface area contributed by atoms with E-state index in [1.54, 1.807) is 11.3 Å². The van der Waals surface area contributed by atoms with Crippen molar-refractivity contribution in [1.29, 1.82) is 0 Å². The molecule has 0 amide bonds. The van der Waals surface area contributed by atoms with Gasteiger partial charge in [0.15, 0.2) is 0 Å². The standard InChI is InChI=1S/C13H19N3S/c1-9-13-16(8-11(7-14)17-13)12(15-9)10-5-3-2-4-6-10/h8,10H,2-7,14H2,1H3. The van der Waals surface area contributed by atoms with Crippen LogP contribution in [0.15, 0.2) is 6.20 Å². The number of imidazole rings is 1. The van der Waals surface area contributed by atoms with E-state index >= 15 is 0 Å². The normalized spacial score (nSPS) is 18.0. The van der Waals surface area contributed by atoms with E-state index in [-0.39, 0.29) is 0 Å². The molecule has 0 radical (unpaired) electrons. The van der Waals surface area contributed by atoms with Crippen LogP contribution in [0.3, 0.4) is 0 Å². The summed E-state index contributed by atoms with van der Waals surface area (Å²) < 4.78 is 2.29. The van der Waals surface area contributed by atoms with E-state index in [0.29, 0.717) is 12.5 Å². The van der Waals surface area contributed by atoms with Crippen molar-refractivity contribution < 1.29 is 0 Å². The minimum absolute atomic E-state index is 0.635. The monoisotopic (exact) mass is 249 g/mol. The van der Waals surface area contributed by atoms with Gasteiger partial charge in [-0.25, -0.2) is 4.98 Å². The lowest BCUT2D eigenvalue weighted by Gasteiger charge is -2.19. The Morgan fingerprint density at radius 1 is 1.41 bits per heavy atom. The molecule has 1 aliphatic carbocycles. The van der Waals surface area contributed by atoms with Crippen molar-refractivity contribution in [2.45, 2.75) is 51.5 Å². The van der Waals surface area contributed by atoms with Gasteiger partial charge in [0.1, 0.15) is 10.7 Å². The molecular weight excluding hydrogens is 230 g/mol. The van der Waals surface area contributed by atoms with Crippen LogP contribution in [0.5, 0.6) is 0 Å². The third-order valence-electron chi connectivity index (χ3n) is 3.73. The molecule has 0 bridgehead atoms. The molecule has 3 rings (SSSR count). The molecule has 0 unspecified atom stereocenters. The molecule has 0 aromatic carbocycles. The van der Waals surface area contributed by atoms with E-state index in [0.717, 1.165) is 5.69 Å². The number of nitrogens with zero attached hydrogens (tertiary/aromatic N) is 2. The quantitative estimate of drug-likeness (QED) is 0.888. The van der Waals surface area contributed by atoms with Gasteiger partial charge in [-0.15, -0.1) is 11.3 Å². The summed E-state index contributed by atoms with van der Waals surface area (Å²) in [5.74, 6) is 1.93. The molecule has 3 nitrogen and oxygen atoms in total. The summed E-state index contributed by atoms with van der Waals surface area (Å²) in [6.45, 7) is 2.74. The van der Waals surface area contributed by atoms with Crippen LogP contribution >= 0.6 is 11.3 Å². The van der Waals surface area contributed by atoms with Gasteiger partial charge in [0.25, 0.3) is 0 Å². The van der Waals surface area contributed by atoms with Gasteiger partial charge in [-0.3, -0.25) is 4.40 Å². The van der Waals surface area contributed by atoms with E-state index in [9.17, 15) is 0 Å². The number of nitrogens with two attached hydrogens (primary N) is 1. The Labute approximate surface area is 106 Å². The van der Waals surface area contributed by atoms with Crippen LogP contribution in [0.4, 0.5) is 0 Å². The summed E-state index contributed by atoms with van der Waals surface area (Å²) in [5.41, 5.74) is 6.89. The van der Waals surface area contributed by atoms with Crippen LogP contribution in [0, 0.1) is 6.92 Å². The molecule has 1 fully saturated rings. The first-order valence-electron chi connectivity index (χ1n) is 6.47. The molecule has 0 saturated heterocycles. The van der Waals surface area contributed by atoms with Crippen molar-refractivity contribution in [2.75, 3.05) is 0 Å². The van der Waals surface area contributed by atoms with E-state index in [1.165, 1.54) is 47.6 Å². The molecule has 17 heavy (non-hydrogen) atoms. The zero-order chi connectivity index (χ0) is 11.8. The Hall–Kier alpha value is -0.870. The van der Waals surface area contributed by atoms with Gasteiger partial charge in [-0.2, -0.15) is 0 Å². The Morgan fingerprint density at radius 3 is 2.88 bits per heavy atom. The largest absolute Gasteiger partial charge is 0.326 e. The Balaban J connectivity index is 2.05. The molecule has 4 heteroatoms. The van der Waals surface area contributed by atoms with E-state index < -0.39 is 0 Å². The number of aryl methyl sites for hydroxylation is 1. The minimum atomic E-state index is 0.635. The van der Waals surface area contributed by atoms with Crippen LogP contribution in [-0.4, -0.2) is 9.38 Å². The van der Waals surface area contributed by atoms with Gasteiger partial charge >= 0.3 is 0 Å². The van der Waals surface area contributed by atoms with Crippen LogP contribution in [-0.2, 0) is 6.54 Å². The number of fused-ring (bicyclic) bond motifs is 1. The fraction of sp³-hybridized carbons (Fsp3) is 0.615. The van der Waals surface area contributed by atoms with Crippen LogP contribution < -0.4 is 5.73 Å². The zero-order valence-electron chi connectivity index (χ0n) is 10.3. The highest BCUT2D eigenvalue weighted by molar-refractivity contribution is 7.17. The topological polar surface area (TPSA) is 43.3 Å². The van der Waals surface area contributed by atoms with Gasteiger partial charge in [-0.1, -0.05) is 19.3 Å². The SMILES string of the molecule is Cc1nc(C2CCCCC2)n2cc(CN)sc12. The number of rotatable bonds is 2. The van der Waals surface area contributed by atoms with Crippen molar-refractivity contribution in [3.63, 3.8) is 0 Å². The second kappa shape index (κ2) is 4.42. The van der Waals surface area contributed by atoms with E-state index in [4.69, 9.17) is 10.7 Å². The lowest BCUT2D eigenvalue weighted by atomic mass is 9.89. The van der Waals surface area contributed by atoms with Crippen molar-refractivity contribution in [3.8, 4) is 0 Å². The lowest BCUT2D eigenvalue weighted by molar-refractivity contribution is 0.427. The van der Waals surface area contributed by atoms with E-state index in [2.05, 4.69) is 17.5 Å². The van der Waals surface area contributed by atoms with Crippen LogP contribution in [0.2, 0.25) is 0 Å². The summed E-state index contributed by atoms with van der Waals surface area (Å²) in [7, 11) is 0. The van der Waals surface area contributed by atoms with Gasteiger partial charge in [0.05, 0.1) is 5.69 Å². The summed E-state index contributed by atoms with van der Waals surface area (Å²) in [4.78, 5) is 7.32.